The van der Waals surface area contributed by atoms with E-state index in [1.165, 1.54) is 19.2 Å². The van der Waals surface area contributed by atoms with Crippen molar-refractivity contribution in [3.63, 3.8) is 0 Å². The largest absolute Gasteiger partial charge is 0.454 e. The molecule has 0 bridgehead atoms. The van der Waals surface area contributed by atoms with Crippen molar-refractivity contribution in [2.45, 2.75) is 18.4 Å². The molecule has 0 amide bonds. The average Bonchev–Trinajstić information content (AvgIpc) is 2.90. The predicted molar refractivity (Wildman–Crippen MR) is 78.1 cm³/mol. The van der Waals surface area contributed by atoms with Crippen molar-refractivity contribution in [3.8, 4) is 0 Å². The maximum atomic E-state index is 12.0. The molecule has 7 nitrogen and oxygen atoms in total. The molecule has 118 valence electrons. The van der Waals surface area contributed by atoms with Crippen molar-refractivity contribution < 1.29 is 22.5 Å². The van der Waals surface area contributed by atoms with Crippen molar-refractivity contribution in [2.24, 2.45) is 0 Å². The first-order valence-corrected chi connectivity index (χ1v) is 8.02. The second-order valence-corrected chi connectivity index (χ2v) is 6.63. The lowest BCUT2D eigenvalue weighted by Crippen LogP contribution is -2.19. The maximum absolute atomic E-state index is 12.0. The topological polar surface area (TPSA) is 98.5 Å². The van der Waals surface area contributed by atoms with Crippen LogP contribution in [0, 0.1) is 6.92 Å². The van der Waals surface area contributed by atoms with Crippen molar-refractivity contribution in [2.75, 3.05) is 7.05 Å². The zero-order valence-corrected chi connectivity index (χ0v) is 13.4. The van der Waals surface area contributed by atoms with Crippen LogP contribution >= 0.6 is 11.6 Å². The smallest absolute Gasteiger partial charge is 0.338 e. The summed E-state index contributed by atoms with van der Waals surface area (Å²) in [5.41, 5.74) is 0.731. The summed E-state index contributed by atoms with van der Waals surface area (Å²) < 4.78 is 35.7. The molecule has 0 saturated carbocycles. The van der Waals surface area contributed by atoms with Crippen LogP contribution in [0.3, 0.4) is 0 Å². The number of hydrogen-bond acceptors (Lipinski definition) is 6. The highest BCUT2D eigenvalue weighted by atomic mass is 35.5. The van der Waals surface area contributed by atoms with Gasteiger partial charge in [0.25, 0.3) is 0 Å². The first-order valence-electron chi connectivity index (χ1n) is 6.16. The number of aryl methyl sites for hydroxylation is 1. The average molecular weight is 345 g/mol. The van der Waals surface area contributed by atoms with E-state index >= 15 is 0 Å². The first kappa shape index (κ1) is 16.5. The predicted octanol–water partition coefficient (Wildman–Crippen LogP) is 1.90. The van der Waals surface area contributed by atoms with Crippen LogP contribution in [0.2, 0.25) is 5.02 Å². The summed E-state index contributed by atoms with van der Waals surface area (Å²) in [5.74, 6) is -0.304. The van der Waals surface area contributed by atoms with E-state index in [4.69, 9.17) is 20.9 Å². The number of rotatable bonds is 5. The molecule has 0 spiro atoms. The molecule has 0 fully saturated rings. The molecule has 22 heavy (non-hydrogen) atoms. The number of aromatic nitrogens is 1. The van der Waals surface area contributed by atoms with Gasteiger partial charge in [-0.25, -0.2) is 17.9 Å². The van der Waals surface area contributed by atoms with E-state index in [2.05, 4.69) is 9.88 Å². The number of carbonyl (C=O) groups excluding carboxylic acids is 1. The summed E-state index contributed by atoms with van der Waals surface area (Å²) in [5, 5.41) is 3.68. The molecule has 0 aliphatic heterocycles. The van der Waals surface area contributed by atoms with Gasteiger partial charge in [-0.2, -0.15) is 0 Å². The van der Waals surface area contributed by atoms with Crippen LogP contribution in [0.1, 0.15) is 21.8 Å². The lowest BCUT2D eigenvalue weighted by molar-refractivity contribution is 0.0437. The number of halogens is 1. The molecule has 9 heteroatoms. The van der Waals surface area contributed by atoms with Crippen LogP contribution in [0.15, 0.2) is 33.7 Å². The summed E-state index contributed by atoms with van der Waals surface area (Å²) in [7, 11) is -2.51. The van der Waals surface area contributed by atoms with E-state index in [0.29, 0.717) is 11.5 Å². The van der Waals surface area contributed by atoms with Gasteiger partial charge in [0, 0.05) is 6.07 Å². The van der Waals surface area contributed by atoms with Crippen LogP contribution in [0.25, 0.3) is 0 Å². The molecule has 1 heterocycles. The molecule has 1 N–H and O–H groups in total. The van der Waals surface area contributed by atoms with Crippen LogP contribution in [-0.4, -0.2) is 26.6 Å². The van der Waals surface area contributed by atoms with Crippen molar-refractivity contribution in [1.82, 2.24) is 9.88 Å². The van der Waals surface area contributed by atoms with Gasteiger partial charge in [-0.1, -0.05) is 16.8 Å². The number of hydrogen-bond donors (Lipinski definition) is 1. The number of esters is 1. The fraction of sp³-hybridized carbons (Fsp3) is 0.231. The Balaban J connectivity index is 2.18. The van der Waals surface area contributed by atoms with E-state index in [0.717, 1.165) is 6.07 Å². The fourth-order valence-electron chi connectivity index (χ4n) is 1.65. The molecule has 1 aromatic heterocycles. The van der Waals surface area contributed by atoms with Gasteiger partial charge in [0.15, 0.2) is 12.4 Å². The zero-order valence-electron chi connectivity index (χ0n) is 11.8. The number of nitrogens with zero attached hydrogens (tertiary/aromatic N) is 1. The van der Waals surface area contributed by atoms with Gasteiger partial charge >= 0.3 is 5.97 Å². The molecule has 2 aromatic rings. The summed E-state index contributed by atoms with van der Waals surface area (Å²) in [4.78, 5) is 11.8. The second-order valence-electron chi connectivity index (χ2n) is 4.36. The van der Waals surface area contributed by atoms with Crippen molar-refractivity contribution in [1.29, 1.82) is 0 Å². The molecule has 0 saturated heterocycles. The normalized spacial score (nSPS) is 11.4. The van der Waals surface area contributed by atoms with Gasteiger partial charge in [0.2, 0.25) is 10.0 Å². The second kappa shape index (κ2) is 6.47. The minimum Gasteiger partial charge on any atom is -0.454 e. The molecule has 0 aliphatic rings. The molecular formula is C13H13ClN2O5S. The molecule has 0 aliphatic carbocycles. The first-order chi connectivity index (χ1) is 10.3. The Bertz CT molecular complexity index is 801. The third kappa shape index (κ3) is 3.65. The van der Waals surface area contributed by atoms with Gasteiger partial charge in [-0.15, -0.1) is 0 Å². The Morgan fingerprint density at radius 3 is 2.73 bits per heavy atom. The zero-order chi connectivity index (χ0) is 16.3. The van der Waals surface area contributed by atoms with Gasteiger partial charge in [0.1, 0.15) is 4.90 Å². The Morgan fingerprint density at radius 2 is 2.14 bits per heavy atom. The minimum absolute atomic E-state index is 0.0109. The number of benzene rings is 1. The van der Waals surface area contributed by atoms with E-state index in [9.17, 15) is 13.2 Å². The van der Waals surface area contributed by atoms with E-state index in [1.807, 2.05) is 0 Å². The van der Waals surface area contributed by atoms with E-state index in [1.54, 1.807) is 13.0 Å². The highest BCUT2D eigenvalue weighted by molar-refractivity contribution is 7.89. The maximum Gasteiger partial charge on any atom is 0.338 e. The summed E-state index contributed by atoms with van der Waals surface area (Å²) >= 11 is 5.85. The van der Waals surface area contributed by atoms with Crippen molar-refractivity contribution in [3.05, 3.63) is 46.3 Å². The highest BCUT2D eigenvalue weighted by Crippen LogP contribution is 2.23. The molecule has 0 radical (unpaired) electrons. The Kier molecular flexibility index (Phi) is 4.84. The summed E-state index contributed by atoms with van der Waals surface area (Å²) in [6.07, 6.45) is 0. The monoisotopic (exact) mass is 344 g/mol. The molecule has 1 aromatic carbocycles. The van der Waals surface area contributed by atoms with E-state index in [-0.39, 0.29) is 22.1 Å². The summed E-state index contributed by atoms with van der Waals surface area (Å²) in [6, 6.07) is 5.49. The molecule has 0 atom stereocenters. The number of nitrogens with one attached hydrogen (secondary N) is 1. The van der Waals surface area contributed by atoms with Crippen LogP contribution in [0.4, 0.5) is 0 Å². The summed E-state index contributed by atoms with van der Waals surface area (Å²) in [6.45, 7) is 1.64. The number of carbonyl (C=O) groups is 1. The third-order valence-electron chi connectivity index (χ3n) is 2.75. The van der Waals surface area contributed by atoms with Crippen LogP contribution in [0.5, 0.6) is 0 Å². The Hall–Kier alpha value is -1.90. The Morgan fingerprint density at radius 1 is 1.41 bits per heavy atom. The van der Waals surface area contributed by atoms with Crippen LogP contribution in [-0.2, 0) is 21.4 Å². The van der Waals surface area contributed by atoms with E-state index < -0.39 is 16.0 Å². The minimum atomic E-state index is -3.77. The molecular weight excluding hydrogens is 332 g/mol. The van der Waals surface area contributed by atoms with Gasteiger partial charge < -0.3 is 9.26 Å². The number of sulfonamides is 1. The third-order valence-corrected chi connectivity index (χ3v) is 4.64. The highest BCUT2D eigenvalue weighted by Gasteiger charge is 2.19. The Labute approximate surface area is 132 Å². The standard InChI is InChI=1S/C13H13ClN2O5S/c1-8-5-10(21-16-8)7-20-13(17)9-3-4-11(14)12(6-9)22(18,19)15-2/h3-6,15H,7H2,1-2H3. The van der Waals surface area contributed by atoms with Gasteiger partial charge in [0.05, 0.1) is 16.3 Å². The SMILES string of the molecule is CNS(=O)(=O)c1cc(C(=O)OCc2cc(C)no2)ccc1Cl. The molecule has 0 unspecified atom stereocenters. The van der Waals surface area contributed by atoms with Gasteiger partial charge in [-0.05, 0) is 32.2 Å². The fourth-order valence-corrected chi connectivity index (χ4v) is 2.90. The lowest BCUT2D eigenvalue weighted by atomic mass is 10.2. The van der Waals surface area contributed by atoms with Crippen LogP contribution < -0.4 is 4.72 Å². The molecule has 2 rings (SSSR count). The van der Waals surface area contributed by atoms with Crippen molar-refractivity contribution >= 4 is 27.6 Å². The van der Waals surface area contributed by atoms with Gasteiger partial charge in [-0.3, -0.25) is 0 Å². The quantitative estimate of drug-likeness (QED) is 0.832. The number of ether oxygens (including phenoxy) is 1. The lowest BCUT2D eigenvalue weighted by Gasteiger charge is -2.07.